The third-order valence-corrected chi connectivity index (χ3v) is 16.3. The number of thiazole rings is 1. The minimum Gasteiger partial charge on any atom is -0.476 e. The van der Waals surface area contributed by atoms with Crippen molar-refractivity contribution >= 4 is 40.3 Å². The van der Waals surface area contributed by atoms with Gasteiger partial charge in [0.15, 0.2) is 18.4 Å². The number of pyridine rings is 1. The summed E-state index contributed by atoms with van der Waals surface area (Å²) in [5.74, 6) is 0.854. The van der Waals surface area contributed by atoms with Gasteiger partial charge in [-0.2, -0.15) is 0 Å². The first-order valence-electron chi connectivity index (χ1n) is 26.7. The van der Waals surface area contributed by atoms with Crippen molar-refractivity contribution in [3.8, 4) is 39.2 Å². The minimum atomic E-state index is -0.830. The second kappa shape index (κ2) is 24.2. The first-order valence-corrected chi connectivity index (χ1v) is 27.6. The van der Waals surface area contributed by atoms with Crippen LogP contribution in [0.15, 0.2) is 89.0 Å². The number of nitrogens with zero attached hydrogens (tertiary/aromatic N) is 10. The molecule has 20 nitrogen and oxygen atoms in total. The molecule has 4 aliphatic rings. The van der Waals surface area contributed by atoms with Crippen molar-refractivity contribution in [1.29, 1.82) is 0 Å². The summed E-state index contributed by atoms with van der Waals surface area (Å²) in [4.78, 5) is 49.2. The molecular weight excluding hydrogens is 1000 g/mol. The molecule has 10 rings (SSSR count). The van der Waals surface area contributed by atoms with Gasteiger partial charge in [0.05, 0.1) is 39.6 Å². The summed E-state index contributed by atoms with van der Waals surface area (Å²) in [6.45, 7) is 15.5. The van der Waals surface area contributed by atoms with Crippen molar-refractivity contribution < 1.29 is 38.2 Å². The van der Waals surface area contributed by atoms with Crippen LogP contribution in [0.5, 0.6) is 17.5 Å². The Balaban J connectivity index is 0.656. The molecule has 2 aromatic carbocycles. The van der Waals surface area contributed by atoms with E-state index in [1.54, 1.807) is 24.5 Å². The molecule has 2 bridgehead atoms. The zero-order valence-electron chi connectivity index (χ0n) is 44.5. The molecule has 0 radical (unpaired) electrons. The Labute approximate surface area is 453 Å². The fourth-order valence-electron chi connectivity index (χ4n) is 11.3. The molecule has 4 aliphatic heterocycles. The Morgan fingerprint density at radius 2 is 1.58 bits per heavy atom. The normalized spacial score (nSPS) is 20.6. The summed E-state index contributed by atoms with van der Waals surface area (Å²) in [6, 6.07) is 23.0. The van der Waals surface area contributed by atoms with Crippen LogP contribution in [0.25, 0.3) is 21.7 Å². The minimum absolute atomic E-state index is 0.0523. The lowest BCUT2D eigenvalue weighted by atomic mass is 9.91. The van der Waals surface area contributed by atoms with E-state index in [0.29, 0.717) is 54.5 Å². The monoisotopic (exact) mass is 1070 g/mol. The van der Waals surface area contributed by atoms with Crippen LogP contribution >= 0.6 is 11.3 Å². The molecule has 4 N–H and O–H groups in total. The zero-order chi connectivity index (χ0) is 53.6. The summed E-state index contributed by atoms with van der Waals surface area (Å²) in [5.41, 5.74) is 14.8. The first-order chi connectivity index (χ1) is 37.4. The lowest BCUT2D eigenvalue weighted by molar-refractivity contribution is -0.141. The topological polar surface area (TPSA) is 223 Å². The molecule has 0 spiro atoms. The van der Waals surface area contributed by atoms with Gasteiger partial charge < -0.3 is 54.3 Å². The lowest BCUT2D eigenvalue weighted by Crippen LogP contribution is -2.54. The number of fused-ring (bicyclic) bond motifs is 2. The molecule has 0 saturated carbocycles. The summed E-state index contributed by atoms with van der Waals surface area (Å²) in [6.07, 6.45) is 3.30. The molecule has 6 aromatic rings. The number of aliphatic hydroxyl groups is 1. The average Bonchev–Trinajstić information content (AvgIpc) is 4.24. The van der Waals surface area contributed by atoms with Crippen LogP contribution < -0.4 is 35.1 Å². The second-order valence-electron chi connectivity index (χ2n) is 20.8. The van der Waals surface area contributed by atoms with Crippen LogP contribution in [0.2, 0.25) is 0 Å². The van der Waals surface area contributed by atoms with Crippen molar-refractivity contribution in [2.24, 2.45) is 5.92 Å². The van der Waals surface area contributed by atoms with Gasteiger partial charge in [-0.05, 0) is 73.2 Å². The number of para-hydroxylation sites is 1. The Bertz CT molecular complexity index is 2940. The molecule has 3 unspecified atom stereocenters. The van der Waals surface area contributed by atoms with Gasteiger partial charge in [0, 0.05) is 114 Å². The maximum atomic E-state index is 14.3. The lowest BCUT2D eigenvalue weighted by Gasteiger charge is -2.43. The van der Waals surface area contributed by atoms with Crippen LogP contribution in [0.1, 0.15) is 69.0 Å². The van der Waals surface area contributed by atoms with Crippen LogP contribution in [0.3, 0.4) is 0 Å². The molecule has 0 aliphatic carbocycles. The molecule has 6 atom stereocenters. The molecule has 4 saturated heterocycles. The smallest absolute Gasteiger partial charge is 0.254 e. The van der Waals surface area contributed by atoms with Crippen molar-refractivity contribution in [2.45, 2.75) is 83.1 Å². The van der Waals surface area contributed by atoms with Crippen molar-refractivity contribution in [2.75, 3.05) is 102 Å². The van der Waals surface area contributed by atoms with Gasteiger partial charge in [-0.1, -0.05) is 50.2 Å². The van der Waals surface area contributed by atoms with E-state index in [1.807, 2.05) is 94.0 Å². The van der Waals surface area contributed by atoms with Crippen molar-refractivity contribution in [1.82, 2.24) is 45.3 Å². The average molecular weight is 1070 g/mol. The maximum absolute atomic E-state index is 14.3. The fourth-order valence-corrected chi connectivity index (χ4v) is 12.1. The van der Waals surface area contributed by atoms with Gasteiger partial charge in [-0.25, -0.2) is 9.97 Å². The highest BCUT2D eigenvalue weighted by Crippen LogP contribution is 2.40. The number of nitrogens with two attached hydrogens (primary N) is 1. The standard InChI is InChI=1S/C56H70N12O8S/c1-35(2)52(56(71)67-32-43(69)27-47(67)55(70)60-36(3)38-10-12-39(13-11-38)53-37(4)59-33-77-53)49-29-51(63-76-49)74-25-23-65-20-18-64(19-21-65)22-24-73-50-26-40(16-17-58-50)68-41-14-15-42(68)31-66(30-41)46-28-45(61-62-54(46)57)44-8-6-7-9-48(44)75-34-72-5/h6-13,16-17,26,28-29,33,35-36,41-43,47,52,69H,14-15,18-25,27,30-32,34H2,1-5H3,(H2,57,62)(H,60,70)/t36-,41?,42?,43+,47-,52?/m0/s1. The molecule has 2 amide bonds. The molecule has 21 heteroatoms. The number of hydrogen-bond acceptors (Lipinski definition) is 19. The summed E-state index contributed by atoms with van der Waals surface area (Å²) in [5, 5.41) is 26.8. The predicted molar refractivity (Wildman–Crippen MR) is 293 cm³/mol. The van der Waals surface area contributed by atoms with E-state index >= 15 is 0 Å². The Hall–Kier alpha value is -6.91. The van der Waals surface area contributed by atoms with Crippen LogP contribution in [-0.2, 0) is 14.3 Å². The van der Waals surface area contributed by atoms with E-state index in [4.69, 9.17) is 29.2 Å². The summed E-state index contributed by atoms with van der Waals surface area (Å²) in [7, 11) is 1.59. The third kappa shape index (κ3) is 12.3. The number of carbonyl (C=O) groups is 2. The van der Waals surface area contributed by atoms with Gasteiger partial charge in [-0.15, -0.1) is 21.5 Å². The van der Waals surface area contributed by atoms with E-state index in [1.165, 1.54) is 4.90 Å². The van der Waals surface area contributed by atoms with Crippen LogP contribution in [0.4, 0.5) is 17.2 Å². The Morgan fingerprint density at radius 3 is 2.27 bits per heavy atom. The van der Waals surface area contributed by atoms with E-state index in [2.05, 4.69) is 62.4 Å². The second-order valence-corrected chi connectivity index (χ2v) is 21.6. The Kier molecular flexibility index (Phi) is 16.8. The number of benzene rings is 2. The number of anilines is 3. The number of nitrogen functional groups attached to an aromatic ring is 1. The van der Waals surface area contributed by atoms with Crippen molar-refractivity contribution in [3.05, 3.63) is 102 Å². The number of aromatic nitrogens is 5. The number of amides is 2. The Morgan fingerprint density at radius 1 is 0.870 bits per heavy atom. The first kappa shape index (κ1) is 53.5. The van der Waals surface area contributed by atoms with Crippen molar-refractivity contribution in [3.63, 3.8) is 0 Å². The van der Waals surface area contributed by atoms with E-state index in [0.717, 1.165) is 97.3 Å². The highest BCUT2D eigenvalue weighted by Gasteiger charge is 2.44. The summed E-state index contributed by atoms with van der Waals surface area (Å²) < 4.78 is 29.0. The number of rotatable bonds is 21. The number of hydrogen-bond donors (Lipinski definition) is 3. The molecule has 4 fully saturated rings. The van der Waals surface area contributed by atoms with Crippen LogP contribution in [-0.4, -0.2) is 167 Å². The highest BCUT2D eigenvalue weighted by atomic mass is 32.1. The quantitative estimate of drug-likeness (QED) is 0.0700. The van der Waals surface area contributed by atoms with Gasteiger partial charge in [0.25, 0.3) is 5.88 Å². The predicted octanol–water partition coefficient (Wildman–Crippen LogP) is 6.04. The van der Waals surface area contributed by atoms with E-state index < -0.39 is 18.1 Å². The van der Waals surface area contributed by atoms with E-state index in [-0.39, 0.29) is 55.6 Å². The number of β-amino-alcohol motifs (C(OH)–C–C–N with tert-alkyl or cyclic N) is 1. The van der Waals surface area contributed by atoms with Gasteiger partial charge in [0.1, 0.15) is 30.9 Å². The molecule has 4 aromatic heterocycles. The number of piperazine rings is 2. The summed E-state index contributed by atoms with van der Waals surface area (Å²) >= 11 is 1.59. The fraction of sp³-hybridized carbons (Fsp3) is 0.482. The number of likely N-dealkylation sites (tertiary alicyclic amines) is 1. The number of nitrogens with one attached hydrogen (secondary N) is 1. The number of methoxy groups -OCH3 is 1. The van der Waals surface area contributed by atoms with E-state index in [9.17, 15) is 14.7 Å². The molecule has 8 heterocycles. The number of aliphatic hydroxyl groups excluding tert-OH is 1. The number of carbonyl (C=O) groups excluding carboxylic acids is 2. The molecule has 77 heavy (non-hydrogen) atoms. The van der Waals surface area contributed by atoms with Gasteiger partial charge in [-0.3, -0.25) is 19.4 Å². The largest absolute Gasteiger partial charge is 0.476 e. The van der Waals surface area contributed by atoms with Gasteiger partial charge >= 0.3 is 0 Å². The highest BCUT2D eigenvalue weighted by molar-refractivity contribution is 7.13. The molecule has 408 valence electrons. The zero-order valence-corrected chi connectivity index (χ0v) is 45.3. The maximum Gasteiger partial charge on any atom is 0.254 e. The SMILES string of the molecule is COCOc1ccccc1-c1cc(N2CC3CCC(C2)N3c2ccnc(OCCN3CCN(CCOc4cc(C(C(=O)N5C[C@H](O)C[C@H]5C(=O)N[C@@H](C)c5ccc(-c6scnc6C)cc5)C(C)C)on4)CC3)c2)c(N)nn1. The van der Waals surface area contributed by atoms with Gasteiger partial charge in [0.2, 0.25) is 17.7 Å². The number of ether oxygens (including phenoxy) is 4. The number of aryl methyl sites for hydroxylation is 1. The molecular formula is C56H70N12O8S. The third-order valence-electron chi connectivity index (χ3n) is 15.3. The van der Waals surface area contributed by atoms with Crippen LogP contribution in [0, 0.1) is 12.8 Å².